The zero-order chi connectivity index (χ0) is 17.3. The molecule has 1 saturated carbocycles. The summed E-state index contributed by atoms with van der Waals surface area (Å²) in [6.07, 6.45) is 2.56. The van der Waals surface area contributed by atoms with E-state index in [1.807, 2.05) is 50.1 Å². The maximum absolute atomic E-state index is 12.8. The molecule has 1 N–H and O–H groups in total. The van der Waals surface area contributed by atoms with Crippen LogP contribution in [0.5, 0.6) is 5.75 Å². The molecule has 0 aromatic heterocycles. The van der Waals surface area contributed by atoms with Gasteiger partial charge in [0.1, 0.15) is 5.75 Å². The van der Waals surface area contributed by atoms with Gasteiger partial charge in [-0.15, -0.1) is 0 Å². The third-order valence-corrected chi connectivity index (χ3v) is 5.15. The Kier molecular flexibility index (Phi) is 4.78. The van der Waals surface area contributed by atoms with E-state index < -0.39 is 0 Å². The van der Waals surface area contributed by atoms with Gasteiger partial charge in [0.15, 0.2) is 0 Å². The molecule has 130 valence electrons. The molecule has 2 fully saturated rings. The Hall–Kier alpha value is -2.04. The number of benzene rings is 1. The average Bonchev–Trinajstić information content (AvgIpc) is 2.96. The van der Waals surface area contributed by atoms with Crippen LogP contribution in [-0.2, 0) is 4.79 Å². The first-order valence-electron chi connectivity index (χ1n) is 8.74. The van der Waals surface area contributed by atoms with Crippen molar-refractivity contribution in [1.29, 1.82) is 0 Å². The number of carbonyl (C=O) groups excluding carboxylic acids is 2. The molecule has 0 radical (unpaired) electrons. The molecule has 5 nitrogen and oxygen atoms in total. The fourth-order valence-corrected chi connectivity index (χ4v) is 3.90. The fourth-order valence-electron chi connectivity index (χ4n) is 3.90. The summed E-state index contributed by atoms with van der Waals surface area (Å²) in [5, 5.41) is 2.94. The van der Waals surface area contributed by atoms with Crippen molar-refractivity contribution in [3.8, 4) is 5.75 Å². The fraction of sp³-hybridized carbons (Fsp3) is 0.579. The standard InChI is InChI=1S/C19H26N2O3/c1-12(2)24-17-6-4-5-13(9-17)19(23)21(3)16-7-14-10-18(22)20-11-15(14)8-16/h4-6,9,12,14-16H,7-8,10-11H2,1-3H3,(H,20,22)/t14-,15+,16-/m1/s1. The lowest BCUT2D eigenvalue weighted by Gasteiger charge is -2.25. The predicted octanol–water partition coefficient (Wildman–Crippen LogP) is 2.46. The van der Waals surface area contributed by atoms with Crippen molar-refractivity contribution in [1.82, 2.24) is 10.2 Å². The molecule has 1 aromatic rings. The van der Waals surface area contributed by atoms with E-state index in [1.165, 1.54) is 0 Å². The highest BCUT2D eigenvalue weighted by Crippen LogP contribution is 2.38. The number of hydrogen-bond acceptors (Lipinski definition) is 3. The molecule has 0 unspecified atom stereocenters. The second-order valence-corrected chi connectivity index (χ2v) is 7.26. The molecule has 2 aliphatic rings. The van der Waals surface area contributed by atoms with Crippen molar-refractivity contribution in [2.45, 2.75) is 45.3 Å². The zero-order valence-electron chi connectivity index (χ0n) is 14.6. The van der Waals surface area contributed by atoms with Crippen LogP contribution in [0.15, 0.2) is 24.3 Å². The highest BCUT2D eigenvalue weighted by Gasteiger charge is 2.40. The monoisotopic (exact) mass is 330 g/mol. The summed E-state index contributed by atoms with van der Waals surface area (Å²) >= 11 is 0. The van der Waals surface area contributed by atoms with Crippen LogP contribution >= 0.6 is 0 Å². The molecule has 1 aliphatic carbocycles. The van der Waals surface area contributed by atoms with E-state index in [-0.39, 0.29) is 24.0 Å². The summed E-state index contributed by atoms with van der Waals surface area (Å²) < 4.78 is 5.68. The topological polar surface area (TPSA) is 58.6 Å². The van der Waals surface area contributed by atoms with E-state index in [0.717, 1.165) is 25.1 Å². The lowest BCUT2D eigenvalue weighted by molar-refractivity contribution is -0.124. The van der Waals surface area contributed by atoms with Crippen LogP contribution in [0.4, 0.5) is 0 Å². The largest absolute Gasteiger partial charge is 0.491 e. The average molecular weight is 330 g/mol. The Labute approximate surface area is 143 Å². The molecule has 5 heteroatoms. The van der Waals surface area contributed by atoms with Crippen LogP contribution < -0.4 is 10.1 Å². The SMILES string of the molecule is CC(C)Oc1cccc(C(=O)N(C)[C@H]2C[C@H]3CNC(=O)C[C@H]3C2)c1. The third-order valence-electron chi connectivity index (χ3n) is 5.15. The highest BCUT2D eigenvalue weighted by molar-refractivity contribution is 5.94. The molecule has 24 heavy (non-hydrogen) atoms. The number of piperidine rings is 1. The normalized spacial score (nSPS) is 26.0. The maximum Gasteiger partial charge on any atom is 0.253 e. The second-order valence-electron chi connectivity index (χ2n) is 7.26. The van der Waals surface area contributed by atoms with Crippen LogP contribution in [0.25, 0.3) is 0 Å². The molecule has 3 rings (SSSR count). The summed E-state index contributed by atoms with van der Waals surface area (Å²) in [4.78, 5) is 26.2. The molecule has 1 aromatic carbocycles. The number of rotatable bonds is 4. The van der Waals surface area contributed by atoms with Crippen LogP contribution in [-0.4, -0.2) is 42.5 Å². The van der Waals surface area contributed by atoms with Gasteiger partial charge in [0.2, 0.25) is 5.91 Å². The number of nitrogens with zero attached hydrogens (tertiary/aromatic N) is 1. The smallest absolute Gasteiger partial charge is 0.253 e. The summed E-state index contributed by atoms with van der Waals surface area (Å²) in [7, 11) is 1.87. The third kappa shape index (κ3) is 3.55. The number of nitrogens with one attached hydrogen (secondary N) is 1. The Bertz CT molecular complexity index is 629. The van der Waals surface area contributed by atoms with Crippen LogP contribution in [0.2, 0.25) is 0 Å². The Morgan fingerprint density at radius 2 is 2.04 bits per heavy atom. The molecule has 3 atom stereocenters. The van der Waals surface area contributed by atoms with Gasteiger partial charge >= 0.3 is 0 Å². The van der Waals surface area contributed by atoms with Gasteiger partial charge < -0.3 is 15.0 Å². The van der Waals surface area contributed by atoms with E-state index in [0.29, 0.717) is 23.8 Å². The van der Waals surface area contributed by atoms with Gasteiger partial charge in [-0.2, -0.15) is 0 Å². The molecule has 1 heterocycles. The summed E-state index contributed by atoms with van der Waals surface area (Å²) in [5.74, 6) is 1.80. The Balaban J connectivity index is 1.68. The second kappa shape index (κ2) is 6.83. The van der Waals surface area contributed by atoms with Crippen LogP contribution in [0, 0.1) is 11.8 Å². The number of ether oxygens (including phenoxy) is 1. The number of hydrogen-bond donors (Lipinski definition) is 1. The van der Waals surface area contributed by atoms with Gasteiger partial charge in [-0.05, 0) is 56.7 Å². The van der Waals surface area contributed by atoms with E-state index in [4.69, 9.17) is 4.74 Å². The number of carbonyl (C=O) groups is 2. The first-order valence-corrected chi connectivity index (χ1v) is 8.74. The minimum atomic E-state index is 0.0205. The van der Waals surface area contributed by atoms with Gasteiger partial charge in [0.05, 0.1) is 6.10 Å². The molecule has 1 saturated heterocycles. The van der Waals surface area contributed by atoms with Crippen molar-refractivity contribution in [2.24, 2.45) is 11.8 Å². The lowest BCUT2D eigenvalue weighted by Crippen LogP contribution is -2.38. The van der Waals surface area contributed by atoms with Crippen molar-refractivity contribution in [3.05, 3.63) is 29.8 Å². The van der Waals surface area contributed by atoms with E-state index >= 15 is 0 Å². The summed E-state index contributed by atoms with van der Waals surface area (Å²) in [6.45, 7) is 4.69. The van der Waals surface area contributed by atoms with Crippen molar-refractivity contribution in [2.75, 3.05) is 13.6 Å². The summed E-state index contributed by atoms with van der Waals surface area (Å²) in [6, 6.07) is 7.58. The number of amides is 2. The van der Waals surface area contributed by atoms with Gasteiger partial charge in [-0.25, -0.2) is 0 Å². The summed E-state index contributed by atoms with van der Waals surface area (Å²) in [5.41, 5.74) is 0.653. The predicted molar refractivity (Wildman–Crippen MR) is 91.9 cm³/mol. The van der Waals surface area contributed by atoms with Gasteiger partial charge in [-0.1, -0.05) is 6.07 Å². The Morgan fingerprint density at radius 1 is 1.29 bits per heavy atom. The van der Waals surface area contributed by atoms with Crippen molar-refractivity contribution in [3.63, 3.8) is 0 Å². The Morgan fingerprint density at radius 3 is 2.79 bits per heavy atom. The van der Waals surface area contributed by atoms with E-state index in [1.54, 1.807) is 0 Å². The van der Waals surface area contributed by atoms with E-state index in [9.17, 15) is 9.59 Å². The van der Waals surface area contributed by atoms with Crippen LogP contribution in [0.3, 0.4) is 0 Å². The lowest BCUT2D eigenvalue weighted by atomic mass is 9.89. The first-order chi connectivity index (χ1) is 11.4. The molecular weight excluding hydrogens is 304 g/mol. The first kappa shape index (κ1) is 16.8. The van der Waals surface area contributed by atoms with Gasteiger partial charge in [0.25, 0.3) is 5.91 Å². The van der Waals surface area contributed by atoms with Crippen LogP contribution in [0.1, 0.15) is 43.5 Å². The zero-order valence-corrected chi connectivity index (χ0v) is 14.6. The molecule has 0 spiro atoms. The minimum absolute atomic E-state index is 0.0205. The molecule has 1 aliphatic heterocycles. The quantitative estimate of drug-likeness (QED) is 0.922. The highest BCUT2D eigenvalue weighted by atomic mass is 16.5. The molecular formula is C19H26N2O3. The number of fused-ring (bicyclic) bond motifs is 1. The minimum Gasteiger partial charge on any atom is -0.491 e. The van der Waals surface area contributed by atoms with Crippen molar-refractivity contribution < 1.29 is 14.3 Å². The van der Waals surface area contributed by atoms with Crippen molar-refractivity contribution >= 4 is 11.8 Å². The van der Waals surface area contributed by atoms with Gasteiger partial charge in [0, 0.05) is 31.6 Å². The molecule has 0 bridgehead atoms. The maximum atomic E-state index is 12.8. The van der Waals surface area contributed by atoms with Gasteiger partial charge in [-0.3, -0.25) is 9.59 Å². The van der Waals surface area contributed by atoms with E-state index in [2.05, 4.69) is 5.32 Å². The molecule has 2 amide bonds.